The summed E-state index contributed by atoms with van der Waals surface area (Å²) in [6, 6.07) is 12.3. The van der Waals surface area contributed by atoms with Gasteiger partial charge in [-0.15, -0.1) is 0 Å². The molecule has 0 bridgehead atoms. The number of benzene rings is 2. The largest absolute Gasteiger partial charge is 0.478 e. The minimum Gasteiger partial charge on any atom is -0.478 e. The third-order valence-corrected chi connectivity index (χ3v) is 4.76. The molecule has 1 fully saturated rings. The van der Waals surface area contributed by atoms with Crippen LogP contribution in [0.4, 0.5) is 0 Å². The van der Waals surface area contributed by atoms with E-state index in [1.54, 1.807) is 6.07 Å². The third kappa shape index (κ3) is 2.40. The number of rotatable bonds is 3. The number of nitrogens with one attached hydrogen (secondary N) is 2. The summed E-state index contributed by atoms with van der Waals surface area (Å²) in [6.45, 7) is 1.07. The maximum Gasteiger partial charge on any atom is 0.337 e. The second kappa shape index (κ2) is 5.41. The lowest BCUT2D eigenvalue weighted by molar-refractivity contribution is 0.0699. The van der Waals surface area contributed by atoms with Crippen LogP contribution in [0.3, 0.4) is 0 Å². The van der Waals surface area contributed by atoms with Crippen molar-refractivity contribution in [2.75, 3.05) is 6.54 Å². The maximum atomic E-state index is 11.3. The van der Waals surface area contributed by atoms with E-state index >= 15 is 0 Å². The van der Waals surface area contributed by atoms with Gasteiger partial charge in [-0.25, -0.2) is 4.79 Å². The van der Waals surface area contributed by atoms with E-state index in [-0.39, 0.29) is 5.56 Å². The van der Waals surface area contributed by atoms with Gasteiger partial charge in [0.25, 0.3) is 0 Å². The van der Waals surface area contributed by atoms with Crippen molar-refractivity contribution in [2.45, 2.75) is 12.5 Å². The first kappa shape index (κ1) is 14.3. The van der Waals surface area contributed by atoms with E-state index < -0.39 is 5.97 Å². The minimum absolute atomic E-state index is 0.258. The zero-order valence-corrected chi connectivity index (χ0v) is 13.0. The number of aromatic amines is 1. The first-order valence-electron chi connectivity index (χ1n) is 7.51. The molecule has 0 aliphatic carbocycles. The molecule has 3 N–H and O–H groups in total. The molecule has 1 aromatic heterocycles. The molecule has 1 atom stereocenters. The lowest BCUT2D eigenvalue weighted by Gasteiger charge is -2.28. The molecule has 2 heterocycles. The number of carbonyl (C=O) groups is 1. The lowest BCUT2D eigenvalue weighted by Crippen LogP contribution is -2.34. The van der Waals surface area contributed by atoms with Gasteiger partial charge in [0.15, 0.2) is 0 Å². The van der Waals surface area contributed by atoms with E-state index in [0.717, 1.165) is 29.6 Å². The lowest BCUT2D eigenvalue weighted by atomic mass is 9.95. The maximum absolute atomic E-state index is 11.3. The van der Waals surface area contributed by atoms with Crippen molar-refractivity contribution < 1.29 is 9.90 Å². The van der Waals surface area contributed by atoms with Crippen molar-refractivity contribution in [1.29, 1.82) is 0 Å². The Balaban J connectivity index is 1.79. The van der Waals surface area contributed by atoms with Gasteiger partial charge in [-0.1, -0.05) is 35.9 Å². The molecule has 1 aliphatic heterocycles. The van der Waals surface area contributed by atoms with E-state index in [0.29, 0.717) is 16.5 Å². The first-order chi connectivity index (χ1) is 11.1. The van der Waals surface area contributed by atoms with Crippen LogP contribution in [0.25, 0.3) is 22.0 Å². The van der Waals surface area contributed by atoms with E-state index in [4.69, 9.17) is 11.6 Å². The highest BCUT2D eigenvalue weighted by Gasteiger charge is 2.18. The molecular formula is C18H15ClN2O2. The Kier molecular flexibility index (Phi) is 3.36. The van der Waals surface area contributed by atoms with Crippen molar-refractivity contribution >= 4 is 28.5 Å². The molecule has 0 saturated carbocycles. The predicted molar refractivity (Wildman–Crippen MR) is 91.1 cm³/mol. The van der Waals surface area contributed by atoms with Gasteiger partial charge in [-0.3, -0.25) is 0 Å². The Bertz CT molecular complexity index is 895. The van der Waals surface area contributed by atoms with Crippen LogP contribution in [0.15, 0.2) is 42.6 Å². The van der Waals surface area contributed by atoms with Gasteiger partial charge in [0, 0.05) is 28.7 Å². The fourth-order valence-corrected chi connectivity index (χ4v) is 3.28. The quantitative estimate of drug-likeness (QED) is 0.675. The molecule has 0 radical (unpaired) electrons. The summed E-state index contributed by atoms with van der Waals surface area (Å²) in [5.74, 6) is -0.948. The molecule has 1 aliphatic rings. The normalized spacial score (nSPS) is 17.2. The monoisotopic (exact) mass is 326 g/mol. The fraction of sp³-hybridized carbons (Fsp3) is 0.167. The van der Waals surface area contributed by atoms with Gasteiger partial charge in [0.1, 0.15) is 0 Å². The van der Waals surface area contributed by atoms with E-state index in [9.17, 15) is 9.90 Å². The average Bonchev–Trinajstić information content (AvgIpc) is 2.88. The Morgan fingerprint density at radius 2 is 1.96 bits per heavy atom. The summed E-state index contributed by atoms with van der Waals surface area (Å²) < 4.78 is 0. The number of hydrogen-bond donors (Lipinski definition) is 3. The molecule has 4 nitrogen and oxygen atoms in total. The molecule has 1 saturated heterocycles. The second-order valence-electron chi connectivity index (χ2n) is 5.80. The SMILES string of the molecule is O=C(O)c1c[nH]c2cc(Cl)c(-c3ccc([C@H]4CCN4)cc3)cc12. The van der Waals surface area contributed by atoms with Crippen molar-refractivity contribution in [3.05, 3.63) is 58.7 Å². The number of carboxylic acid groups (broad SMARTS) is 1. The Morgan fingerprint density at radius 3 is 2.57 bits per heavy atom. The predicted octanol–water partition coefficient (Wildman–Crippen LogP) is 4.22. The molecular weight excluding hydrogens is 312 g/mol. The topological polar surface area (TPSA) is 65.1 Å². The third-order valence-electron chi connectivity index (χ3n) is 4.45. The summed E-state index contributed by atoms with van der Waals surface area (Å²) in [5, 5.41) is 13.9. The molecule has 0 spiro atoms. The average molecular weight is 327 g/mol. The second-order valence-corrected chi connectivity index (χ2v) is 6.21. The molecule has 0 unspecified atom stereocenters. The van der Waals surface area contributed by atoms with Gasteiger partial charge in [-0.05, 0) is 36.2 Å². The Labute approximate surface area is 138 Å². The summed E-state index contributed by atoms with van der Waals surface area (Å²) in [5.41, 5.74) is 4.08. The van der Waals surface area contributed by atoms with E-state index in [1.807, 2.05) is 18.2 Å². The molecule has 2 aromatic carbocycles. The van der Waals surface area contributed by atoms with Crippen LogP contribution in [-0.2, 0) is 0 Å². The summed E-state index contributed by atoms with van der Waals surface area (Å²) >= 11 is 6.39. The molecule has 116 valence electrons. The molecule has 23 heavy (non-hydrogen) atoms. The highest BCUT2D eigenvalue weighted by atomic mass is 35.5. The summed E-state index contributed by atoms with van der Waals surface area (Å²) in [7, 11) is 0. The Morgan fingerprint density at radius 1 is 1.22 bits per heavy atom. The number of H-pyrrole nitrogens is 1. The zero-order chi connectivity index (χ0) is 16.0. The van der Waals surface area contributed by atoms with Crippen molar-refractivity contribution in [3.63, 3.8) is 0 Å². The van der Waals surface area contributed by atoms with Gasteiger partial charge in [0.05, 0.1) is 10.6 Å². The first-order valence-corrected chi connectivity index (χ1v) is 7.89. The highest BCUT2D eigenvalue weighted by Crippen LogP contribution is 2.34. The van der Waals surface area contributed by atoms with Gasteiger partial charge < -0.3 is 15.4 Å². The standard InChI is InChI=1S/C18H15ClN2O2/c19-15-8-17-13(14(9-21-17)18(22)23)7-12(15)10-1-3-11(4-2-10)16-5-6-20-16/h1-4,7-9,16,20-21H,5-6H2,(H,22,23)/t16-/m1/s1. The number of carboxylic acids is 1. The molecule has 3 aromatic rings. The van der Waals surface area contributed by atoms with Crippen LogP contribution in [-0.4, -0.2) is 22.6 Å². The summed E-state index contributed by atoms with van der Waals surface area (Å²) in [6.07, 6.45) is 2.66. The van der Waals surface area contributed by atoms with Crippen molar-refractivity contribution in [3.8, 4) is 11.1 Å². The minimum atomic E-state index is -0.948. The van der Waals surface area contributed by atoms with Crippen LogP contribution >= 0.6 is 11.6 Å². The zero-order valence-electron chi connectivity index (χ0n) is 12.3. The van der Waals surface area contributed by atoms with Crippen LogP contribution in [0, 0.1) is 0 Å². The number of aromatic nitrogens is 1. The van der Waals surface area contributed by atoms with Crippen LogP contribution in [0.2, 0.25) is 5.02 Å². The van der Waals surface area contributed by atoms with Crippen molar-refractivity contribution in [2.24, 2.45) is 0 Å². The van der Waals surface area contributed by atoms with Gasteiger partial charge in [-0.2, -0.15) is 0 Å². The van der Waals surface area contributed by atoms with Crippen LogP contribution in [0.5, 0.6) is 0 Å². The number of aromatic carboxylic acids is 1. The molecule has 5 heteroatoms. The van der Waals surface area contributed by atoms with E-state index in [1.165, 1.54) is 11.8 Å². The van der Waals surface area contributed by atoms with E-state index in [2.05, 4.69) is 22.4 Å². The van der Waals surface area contributed by atoms with Gasteiger partial charge >= 0.3 is 5.97 Å². The Hall–Kier alpha value is -2.30. The number of halogens is 1. The number of fused-ring (bicyclic) bond motifs is 1. The molecule has 4 rings (SSSR count). The van der Waals surface area contributed by atoms with Crippen LogP contribution < -0.4 is 5.32 Å². The smallest absolute Gasteiger partial charge is 0.337 e. The van der Waals surface area contributed by atoms with Gasteiger partial charge in [0.2, 0.25) is 0 Å². The molecule has 0 amide bonds. The highest BCUT2D eigenvalue weighted by molar-refractivity contribution is 6.34. The van der Waals surface area contributed by atoms with Crippen molar-refractivity contribution in [1.82, 2.24) is 10.3 Å². The van der Waals surface area contributed by atoms with Crippen LogP contribution in [0.1, 0.15) is 28.4 Å². The summed E-state index contributed by atoms with van der Waals surface area (Å²) in [4.78, 5) is 14.3. The number of hydrogen-bond acceptors (Lipinski definition) is 2. The fourth-order valence-electron chi connectivity index (χ4n) is 3.01.